The lowest BCUT2D eigenvalue weighted by Crippen LogP contribution is -2.13. The van der Waals surface area contributed by atoms with Crippen molar-refractivity contribution in [2.24, 2.45) is 0 Å². The van der Waals surface area contributed by atoms with Crippen LogP contribution in [0, 0.1) is 20.8 Å². The van der Waals surface area contributed by atoms with Crippen molar-refractivity contribution in [3.63, 3.8) is 0 Å². The minimum absolute atomic E-state index is 0.918. The molecule has 0 aliphatic carbocycles. The van der Waals surface area contributed by atoms with Crippen LogP contribution in [0.4, 0.5) is 17.1 Å². The second-order valence-electron chi connectivity index (χ2n) is 14.9. The van der Waals surface area contributed by atoms with Crippen molar-refractivity contribution < 1.29 is 0 Å². The molecule has 0 spiro atoms. The first-order valence-corrected chi connectivity index (χ1v) is 19.8. The summed E-state index contributed by atoms with van der Waals surface area (Å²) in [5.74, 6) is 0. The monoisotopic (exact) mass is 745 g/mol. The van der Waals surface area contributed by atoms with E-state index in [-0.39, 0.29) is 0 Å². The molecule has 2 aromatic heterocycles. The van der Waals surface area contributed by atoms with Crippen molar-refractivity contribution in [1.29, 1.82) is 0 Å². The van der Waals surface area contributed by atoms with E-state index < -0.39 is 0 Å². The Morgan fingerprint density at radius 3 is 1.45 bits per heavy atom. The number of nitrogens with zero attached hydrogens (tertiary/aromatic N) is 3. The molecule has 9 aromatic rings. The van der Waals surface area contributed by atoms with Gasteiger partial charge in [0.15, 0.2) is 0 Å². The molecule has 0 unspecified atom stereocenters. The average Bonchev–Trinajstić information content (AvgIpc) is 3.28. The van der Waals surface area contributed by atoms with Gasteiger partial charge in [-0.05, 0) is 119 Å². The van der Waals surface area contributed by atoms with Crippen LogP contribution in [0.3, 0.4) is 0 Å². The number of rotatable bonds is 9. The highest BCUT2D eigenvalue weighted by Gasteiger charge is 2.22. The van der Waals surface area contributed by atoms with Crippen LogP contribution in [-0.2, 0) is 0 Å². The van der Waals surface area contributed by atoms with Crippen LogP contribution in [0.5, 0.6) is 0 Å². The second-order valence-corrected chi connectivity index (χ2v) is 14.9. The first-order valence-electron chi connectivity index (χ1n) is 19.8. The summed E-state index contributed by atoms with van der Waals surface area (Å²) in [6.45, 7) is 6.52. The first kappa shape index (κ1) is 36.3. The Bertz CT molecular complexity index is 2850. The molecule has 0 radical (unpaired) electrons. The van der Waals surface area contributed by atoms with Gasteiger partial charge in [0.2, 0.25) is 0 Å². The fourth-order valence-electron chi connectivity index (χ4n) is 7.97. The molecule has 58 heavy (non-hydrogen) atoms. The Morgan fingerprint density at radius 2 is 0.845 bits per heavy atom. The van der Waals surface area contributed by atoms with Crippen molar-refractivity contribution in [3.8, 4) is 67.0 Å². The van der Waals surface area contributed by atoms with Gasteiger partial charge in [0, 0.05) is 40.5 Å². The van der Waals surface area contributed by atoms with Crippen molar-refractivity contribution in [2.75, 3.05) is 4.90 Å². The minimum Gasteiger partial charge on any atom is -0.310 e. The van der Waals surface area contributed by atoms with Gasteiger partial charge >= 0.3 is 0 Å². The number of hydrogen-bond acceptors (Lipinski definition) is 3. The van der Waals surface area contributed by atoms with Crippen LogP contribution >= 0.6 is 0 Å². The third kappa shape index (κ3) is 7.46. The normalized spacial score (nSPS) is 11.0. The maximum atomic E-state index is 4.96. The molecule has 2 heterocycles. The standard InChI is InChI=1S/C55H43N3/c1-38-31-39(2)55(52(32-38)45-19-11-6-12-20-45)58(50-24-14-22-48(34-50)54-36-51(40(3)37-57-54)44-17-9-5-10-18-44)49-23-13-21-47(33-49)53-35-46(29-30-56-53)43-27-25-42(26-28-43)41-15-7-4-8-16-41/h4-37H,1-3H3. The number of anilines is 3. The van der Waals surface area contributed by atoms with Crippen molar-refractivity contribution in [3.05, 3.63) is 223 Å². The van der Waals surface area contributed by atoms with Gasteiger partial charge in [-0.1, -0.05) is 151 Å². The second kappa shape index (κ2) is 16.0. The molecule has 0 N–H and O–H groups in total. The largest absolute Gasteiger partial charge is 0.310 e. The summed E-state index contributed by atoms with van der Waals surface area (Å²) in [6, 6.07) is 69.2. The van der Waals surface area contributed by atoms with E-state index in [4.69, 9.17) is 9.97 Å². The van der Waals surface area contributed by atoms with Gasteiger partial charge in [-0.15, -0.1) is 0 Å². The SMILES string of the molecule is Cc1cc(C)c(N(c2cccc(-c3cc(-c4ccc(-c5ccccc5)cc4)ccn3)c2)c2cccc(-c3cc(-c4ccccc4)c(C)cn3)c2)c(-c2ccccc2)c1. The topological polar surface area (TPSA) is 29.0 Å². The van der Waals surface area contributed by atoms with E-state index in [2.05, 4.69) is 220 Å². The molecule has 0 saturated heterocycles. The van der Waals surface area contributed by atoms with E-state index in [1.54, 1.807) is 0 Å². The summed E-state index contributed by atoms with van der Waals surface area (Å²) in [5.41, 5.74) is 20.1. The minimum atomic E-state index is 0.918. The van der Waals surface area contributed by atoms with Gasteiger partial charge in [-0.2, -0.15) is 0 Å². The van der Waals surface area contributed by atoms with Crippen LogP contribution < -0.4 is 4.90 Å². The van der Waals surface area contributed by atoms with Gasteiger partial charge in [-0.25, -0.2) is 0 Å². The van der Waals surface area contributed by atoms with Crippen LogP contribution in [0.15, 0.2) is 207 Å². The molecular weight excluding hydrogens is 703 g/mol. The molecule has 0 atom stereocenters. The Labute approximate surface area is 341 Å². The van der Waals surface area contributed by atoms with E-state index in [1.807, 2.05) is 12.4 Å². The lowest BCUT2D eigenvalue weighted by atomic mass is 9.95. The number of benzene rings is 7. The number of aryl methyl sites for hydroxylation is 3. The van der Waals surface area contributed by atoms with Crippen molar-refractivity contribution >= 4 is 17.1 Å². The molecular formula is C55H43N3. The van der Waals surface area contributed by atoms with E-state index in [9.17, 15) is 0 Å². The molecule has 0 aliphatic rings. The lowest BCUT2D eigenvalue weighted by molar-refractivity contribution is 1.23. The van der Waals surface area contributed by atoms with E-state index in [0.717, 1.165) is 56.3 Å². The highest BCUT2D eigenvalue weighted by Crippen LogP contribution is 2.45. The van der Waals surface area contributed by atoms with Gasteiger partial charge < -0.3 is 4.90 Å². The third-order valence-electron chi connectivity index (χ3n) is 10.8. The van der Waals surface area contributed by atoms with Crippen LogP contribution in [-0.4, -0.2) is 9.97 Å². The smallest absolute Gasteiger partial charge is 0.0709 e. The molecule has 9 rings (SSSR count). The fraction of sp³-hybridized carbons (Fsp3) is 0.0545. The van der Waals surface area contributed by atoms with Gasteiger partial charge in [-0.3, -0.25) is 9.97 Å². The molecule has 0 amide bonds. The average molecular weight is 746 g/mol. The number of pyridine rings is 2. The van der Waals surface area contributed by atoms with E-state index in [0.29, 0.717) is 0 Å². The molecule has 0 saturated carbocycles. The summed E-state index contributed by atoms with van der Waals surface area (Å²) in [4.78, 5) is 12.3. The predicted molar refractivity (Wildman–Crippen MR) is 244 cm³/mol. The van der Waals surface area contributed by atoms with E-state index >= 15 is 0 Å². The highest BCUT2D eigenvalue weighted by molar-refractivity contribution is 5.92. The zero-order valence-corrected chi connectivity index (χ0v) is 33.0. The maximum Gasteiger partial charge on any atom is 0.0709 e. The summed E-state index contributed by atoms with van der Waals surface area (Å²) in [7, 11) is 0. The van der Waals surface area contributed by atoms with Crippen molar-refractivity contribution in [2.45, 2.75) is 20.8 Å². The maximum absolute atomic E-state index is 4.96. The van der Waals surface area contributed by atoms with Gasteiger partial charge in [0.25, 0.3) is 0 Å². The van der Waals surface area contributed by atoms with Crippen molar-refractivity contribution in [1.82, 2.24) is 9.97 Å². The number of aromatic nitrogens is 2. The highest BCUT2D eigenvalue weighted by atomic mass is 15.1. The molecule has 0 fully saturated rings. The van der Waals surface area contributed by atoms with Crippen LogP contribution in [0.25, 0.3) is 67.0 Å². The Morgan fingerprint density at radius 1 is 0.345 bits per heavy atom. The zero-order chi connectivity index (χ0) is 39.4. The summed E-state index contributed by atoms with van der Waals surface area (Å²) in [5, 5.41) is 0. The first-order chi connectivity index (χ1) is 28.5. The molecule has 3 heteroatoms. The summed E-state index contributed by atoms with van der Waals surface area (Å²) in [6.07, 6.45) is 3.90. The zero-order valence-electron chi connectivity index (χ0n) is 33.0. The lowest BCUT2D eigenvalue weighted by Gasteiger charge is -2.30. The quantitative estimate of drug-likeness (QED) is 0.147. The Hall–Kier alpha value is -7.36. The van der Waals surface area contributed by atoms with Crippen LogP contribution in [0.2, 0.25) is 0 Å². The van der Waals surface area contributed by atoms with Crippen LogP contribution in [0.1, 0.15) is 16.7 Å². The Balaban J connectivity index is 1.16. The predicted octanol–water partition coefficient (Wildman–Crippen LogP) is 14.9. The summed E-state index contributed by atoms with van der Waals surface area (Å²) < 4.78 is 0. The van der Waals surface area contributed by atoms with Gasteiger partial charge in [0.1, 0.15) is 0 Å². The number of hydrogen-bond donors (Lipinski definition) is 0. The van der Waals surface area contributed by atoms with E-state index in [1.165, 1.54) is 44.5 Å². The van der Waals surface area contributed by atoms with Gasteiger partial charge in [0.05, 0.1) is 17.1 Å². The molecule has 0 bridgehead atoms. The molecule has 7 aromatic carbocycles. The summed E-state index contributed by atoms with van der Waals surface area (Å²) >= 11 is 0. The fourth-order valence-corrected chi connectivity index (χ4v) is 7.97. The molecule has 0 aliphatic heterocycles. The Kier molecular flexibility index (Phi) is 10.0. The third-order valence-corrected chi connectivity index (χ3v) is 10.8. The molecule has 3 nitrogen and oxygen atoms in total. The molecule has 278 valence electrons.